The maximum absolute atomic E-state index is 15.6. The van der Waals surface area contributed by atoms with Gasteiger partial charge in [0.05, 0.1) is 13.5 Å². The molecule has 5 rings (SSSR count). The number of hydrogen-bond donors (Lipinski definition) is 0. The van der Waals surface area contributed by atoms with Crippen molar-refractivity contribution in [1.29, 1.82) is 0 Å². The molecule has 0 bridgehead atoms. The normalized spacial score (nSPS) is 18.9. The van der Waals surface area contributed by atoms with Crippen molar-refractivity contribution in [3.05, 3.63) is 88.5 Å². The van der Waals surface area contributed by atoms with E-state index in [0.717, 1.165) is 55.4 Å². The van der Waals surface area contributed by atoms with Crippen LogP contribution in [0.3, 0.4) is 0 Å². The average molecular weight is 569 g/mol. The van der Waals surface area contributed by atoms with Gasteiger partial charge in [0.2, 0.25) is 0 Å². The molecule has 218 valence electrons. The number of rotatable bonds is 10. The molecule has 2 aliphatic rings. The topological polar surface area (TPSA) is 35.5 Å². The van der Waals surface area contributed by atoms with Gasteiger partial charge in [0.15, 0.2) is 11.6 Å². The van der Waals surface area contributed by atoms with Crippen LogP contribution in [-0.4, -0.2) is 13.1 Å². The molecule has 0 amide bonds. The predicted molar refractivity (Wildman–Crippen MR) is 150 cm³/mol. The molecular weight excluding hydrogens is 532 g/mol. The number of esters is 1. The monoisotopic (exact) mass is 568 g/mol. The summed E-state index contributed by atoms with van der Waals surface area (Å²) in [5.74, 6) is -1.22. The highest BCUT2D eigenvalue weighted by Crippen LogP contribution is 2.51. The number of hydrogen-bond acceptors (Lipinski definition) is 3. The van der Waals surface area contributed by atoms with Crippen LogP contribution < -0.4 is 4.74 Å². The van der Waals surface area contributed by atoms with Crippen LogP contribution in [0.4, 0.5) is 17.6 Å². The lowest BCUT2D eigenvalue weighted by Gasteiger charge is -2.30. The molecule has 0 radical (unpaired) electrons. The molecule has 0 spiro atoms. The third-order valence-corrected chi connectivity index (χ3v) is 8.87. The highest BCUT2D eigenvalue weighted by Gasteiger charge is 2.38. The highest BCUT2D eigenvalue weighted by molar-refractivity contribution is 5.71. The Bertz CT molecular complexity index is 1410. The molecule has 0 aliphatic heterocycles. The van der Waals surface area contributed by atoms with Crippen LogP contribution in [-0.2, 0) is 16.1 Å². The van der Waals surface area contributed by atoms with Gasteiger partial charge in [-0.15, -0.1) is 0 Å². The molecule has 3 aromatic rings. The second kappa shape index (κ2) is 11.9. The maximum atomic E-state index is 15.6. The first-order valence-electron chi connectivity index (χ1n) is 14.3. The minimum atomic E-state index is -2.70. The van der Waals surface area contributed by atoms with Crippen molar-refractivity contribution in [1.82, 2.24) is 0 Å². The Balaban J connectivity index is 1.46. The Morgan fingerprint density at radius 2 is 1.78 bits per heavy atom. The van der Waals surface area contributed by atoms with Crippen molar-refractivity contribution in [2.45, 2.75) is 77.2 Å². The van der Waals surface area contributed by atoms with Gasteiger partial charge in [-0.25, -0.2) is 17.6 Å². The zero-order valence-electron chi connectivity index (χ0n) is 23.7. The lowest BCUT2D eigenvalue weighted by atomic mass is 9.75. The van der Waals surface area contributed by atoms with Gasteiger partial charge in [0.1, 0.15) is 12.4 Å². The summed E-state index contributed by atoms with van der Waals surface area (Å²) in [6, 6.07) is 14.0. The zero-order chi connectivity index (χ0) is 29.3. The summed E-state index contributed by atoms with van der Waals surface area (Å²) in [6.07, 6.45) is 2.23. The molecule has 2 fully saturated rings. The predicted octanol–water partition coefficient (Wildman–Crippen LogP) is 9.50. The summed E-state index contributed by atoms with van der Waals surface area (Å²) in [5.41, 5.74) is 2.59. The van der Waals surface area contributed by atoms with Crippen LogP contribution in [0.1, 0.15) is 92.9 Å². The van der Waals surface area contributed by atoms with E-state index in [1.54, 1.807) is 30.3 Å². The van der Waals surface area contributed by atoms with E-state index in [1.807, 2.05) is 6.07 Å². The van der Waals surface area contributed by atoms with Gasteiger partial charge in [-0.1, -0.05) is 56.7 Å². The van der Waals surface area contributed by atoms with Crippen molar-refractivity contribution < 1.29 is 31.8 Å². The number of carbonyl (C=O) groups excluding carboxylic acids is 1. The number of halogens is 4. The molecule has 41 heavy (non-hydrogen) atoms. The second-order valence-corrected chi connectivity index (χ2v) is 12.1. The second-order valence-electron chi connectivity index (χ2n) is 12.1. The number of methoxy groups -OCH3 is 1. The molecule has 0 aromatic heterocycles. The quantitative estimate of drug-likeness (QED) is 0.181. The molecule has 0 N–H and O–H groups in total. The zero-order valence-corrected chi connectivity index (χ0v) is 23.7. The lowest BCUT2D eigenvalue weighted by Crippen LogP contribution is -2.17. The Kier molecular flexibility index (Phi) is 8.44. The number of alkyl halides is 2. The molecule has 2 atom stereocenters. The van der Waals surface area contributed by atoms with Crippen molar-refractivity contribution in [2.75, 3.05) is 7.11 Å². The van der Waals surface area contributed by atoms with E-state index < -0.39 is 18.1 Å². The molecule has 0 unspecified atom stereocenters. The molecule has 7 heteroatoms. The molecule has 2 saturated carbocycles. The Hall–Kier alpha value is -3.35. The first-order chi connectivity index (χ1) is 19.6. The summed E-state index contributed by atoms with van der Waals surface area (Å²) in [6.45, 7) is 4.43. The van der Waals surface area contributed by atoms with Crippen molar-refractivity contribution in [2.24, 2.45) is 11.3 Å². The fourth-order valence-corrected chi connectivity index (χ4v) is 6.40. The van der Waals surface area contributed by atoms with Crippen LogP contribution in [0.5, 0.6) is 5.75 Å². The van der Waals surface area contributed by atoms with E-state index >= 15 is 8.78 Å². The Morgan fingerprint density at radius 1 is 1.00 bits per heavy atom. The van der Waals surface area contributed by atoms with E-state index in [-0.39, 0.29) is 59.0 Å². The van der Waals surface area contributed by atoms with E-state index in [9.17, 15) is 13.6 Å². The number of benzene rings is 3. The third kappa shape index (κ3) is 6.29. The fourth-order valence-electron chi connectivity index (χ4n) is 6.40. The highest BCUT2D eigenvalue weighted by atomic mass is 19.3. The van der Waals surface area contributed by atoms with E-state index in [0.29, 0.717) is 11.1 Å². The maximum Gasteiger partial charge on any atom is 0.306 e. The molecule has 2 aliphatic carbocycles. The van der Waals surface area contributed by atoms with Crippen LogP contribution in [0.25, 0.3) is 11.1 Å². The van der Waals surface area contributed by atoms with Crippen LogP contribution in [0.2, 0.25) is 0 Å². The summed E-state index contributed by atoms with van der Waals surface area (Å²) in [5, 5.41) is 0. The van der Waals surface area contributed by atoms with Crippen molar-refractivity contribution in [3.63, 3.8) is 0 Å². The number of carbonyl (C=O) groups is 1. The van der Waals surface area contributed by atoms with Gasteiger partial charge < -0.3 is 9.47 Å². The van der Waals surface area contributed by atoms with Gasteiger partial charge >= 0.3 is 5.97 Å². The SMILES string of the molecule is COC(=O)C[C@@H](c1cccc(OCc2ccc(-c3cc(C(F)F)ccc3F)c([C@H]3CCCC3(C)C)c2)c1F)C1CC1. The largest absolute Gasteiger partial charge is 0.486 e. The minimum absolute atomic E-state index is 0.0526. The molecule has 0 heterocycles. The summed E-state index contributed by atoms with van der Waals surface area (Å²) >= 11 is 0. The molecule has 0 saturated heterocycles. The molecular formula is C34H36F4O3. The van der Waals surface area contributed by atoms with Gasteiger partial charge in [0, 0.05) is 17.0 Å². The molecule has 3 aromatic carbocycles. The van der Waals surface area contributed by atoms with Crippen LogP contribution in [0.15, 0.2) is 54.6 Å². The summed E-state index contributed by atoms with van der Waals surface area (Å²) in [7, 11) is 1.33. The third-order valence-electron chi connectivity index (χ3n) is 8.87. The first kappa shape index (κ1) is 29.2. The van der Waals surface area contributed by atoms with Crippen molar-refractivity contribution >= 4 is 5.97 Å². The lowest BCUT2D eigenvalue weighted by molar-refractivity contribution is -0.141. The van der Waals surface area contributed by atoms with Crippen LogP contribution in [0, 0.1) is 23.0 Å². The number of ether oxygens (including phenoxy) is 2. The van der Waals surface area contributed by atoms with Gasteiger partial charge in [-0.05, 0) is 83.4 Å². The van der Waals surface area contributed by atoms with Gasteiger partial charge in [0.25, 0.3) is 6.43 Å². The van der Waals surface area contributed by atoms with Gasteiger partial charge in [-0.2, -0.15) is 0 Å². The van der Waals surface area contributed by atoms with E-state index in [2.05, 4.69) is 13.8 Å². The minimum Gasteiger partial charge on any atom is -0.486 e. The summed E-state index contributed by atoms with van der Waals surface area (Å²) < 4.78 is 68.5. The summed E-state index contributed by atoms with van der Waals surface area (Å²) in [4.78, 5) is 12.0. The fraction of sp³-hybridized carbons (Fsp3) is 0.441. The van der Waals surface area contributed by atoms with Crippen LogP contribution >= 0.6 is 0 Å². The average Bonchev–Trinajstić information content (AvgIpc) is 3.73. The standard InChI is InChI=1S/C34H36F4O3/c1-34(2)15-5-7-28(34)26-16-20(9-13-23(26)27-17-22(33(37)38)12-14-29(27)35)19-41-30-8-4-6-24(32(30)36)25(21-10-11-21)18-31(39)40-3/h4,6,8-9,12-14,16-17,21,25,28,33H,5,7,10-11,15,18-19H2,1-3H3/t25-,28-/m1/s1. The molecule has 3 nitrogen and oxygen atoms in total. The first-order valence-corrected chi connectivity index (χ1v) is 14.3. The van der Waals surface area contributed by atoms with Gasteiger partial charge in [-0.3, -0.25) is 4.79 Å². The van der Waals surface area contributed by atoms with E-state index in [1.165, 1.54) is 13.2 Å². The smallest absolute Gasteiger partial charge is 0.306 e. The Morgan fingerprint density at radius 3 is 2.44 bits per heavy atom. The van der Waals surface area contributed by atoms with Crippen molar-refractivity contribution in [3.8, 4) is 16.9 Å². The Labute approximate surface area is 238 Å². The van der Waals surface area contributed by atoms with E-state index in [4.69, 9.17) is 9.47 Å².